The van der Waals surface area contributed by atoms with E-state index in [0.717, 1.165) is 36.8 Å². The van der Waals surface area contributed by atoms with Crippen LogP contribution < -0.4 is 0 Å². The van der Waals surface area contributed by atoms with E-state index in [-0.39, 0.29) is 18.0 Å². The summed E-state index contributed by atoms with van der Waals surface area (Å²) in [4.78, 5) is 26.9. The smallest absolute Gasteiger partial charge is 0.313 e. The lowest BCUT2D eigenvalue weighted by atomic mass is 9.85. The van der Waals surface area contributed by atoms with E-state index in [2.05, 4.69) is 0 Å². The van der Waals surface area contributed by atoms with Gasteiger partial charge in [-0.2, -0.15) is 0 Å². The fourth-order valence-electron chi connectivity index (χ4n) is 4.37. The first-order valence-corrected chi connectivity index (χ1v) is 8.75. The molecule has 4 heteroatoms. The normalized spacial score (nSPS) is 25.8. The Balaban J connectivity index is 2.04. The number of benzene rings is 1. The molecule has 1 aromatic carbocycles. The Kier molecular flexibility index (Phi) is 4.69. The summed E-state index contributed by atoms with van der Waals surface area (Å²) in [5, 5.41) is 9.88. The number of fused-ring (bicyclic) bond motifs is 1. The quantitative estimate of drug-likeness (QED) is 0.930. The molecule has 0 saturated heterocycles. The molecule has 1 aliphatic carbocycles. The Morgan fingerprint density at radius 1 is 1.22 bits per heavy atom. The van der Waals surface area contributed by atoms with Crippen LogP contribution in [0.25, 0.3) is 0 Å². The minimum Gasteiger partial charge on any atom is -0.481 e. The van der Waals surface area contributed by atoms with Crippen molar-refractivity contribution in [3.05, 3.63) is 35.4 Å². The predicted molar refractivity (Wildman–Crippen MR) is 88.3 cm³/mol. The van der Waals surface area contributed by atoms with Crippen molar-refractivity contribution < 1.29 is 14.7 Å². The Labute approximate surface area is 137 Å². The molecule has 0 bridgehead atoms. The first kappa shape index (κ1) is 16.0. The second-order valence-corrected chi connectivity index (χ2v) is 6.76. The second-order valence-electron chi connectivity index (χ2n) is 6.76. The maximum atomic E-state index is 12.9. The van der Waals surface area contributed by atoms with Crippen LogP contribution >= 0.6 is 0 Å². The van der Waals surface area contributed by atoms with E-state index in [0.29, 0.717) is 12.8 Å². The largest absolute Gasteiger partial charge is 0.481 e. The molecule has 2 aliphatic rings. The third kappa shape index (κ3) is 2.99. The van der Waals surface area contributed by atoms with E-state index >= 15 is 0 Å². The van der Waals surface area contributed by atoms with Gasteiger partial charge in [0.25, 0.3) is 0 Å². The summed E-state index contributed by atoms with van der Waals surface area (Å²) in [6.45, 7) is 2.00. The molecule has 1 heterocycles. The molecule has 1 N–H and O–H groups in total. The van der Waals surface area contributed by atoms with Gasteiger partial charge in [-0.1, -0.05) is 50.5 Å². The number of nitrogens with zero attached hydrogens (tertiary/aromatic N) is 1. The molecule has 1 aliphatic heterocycles. The van der Waals surface area contributed by atoms with Crippen molar-refractivity contribution in [3.8, 4) is 0 Å². The second kappa shape index (κ2) is 6.73. The molecule has 1 aromatic rings. The van der Waals surface area contributed by atoms with Gasteiger partial charge in [0.05, 0.1) is 6.42 Å². The molecule has 0 aromatic heterocycles. The fourth-order valence-corrected chi connectivity index (χ4v) is 4.37. The number of amides is 1. The van der Waals surface area contributed by atoms with Crippen LogP contribution in [-0.4, -0.2) is 34.0 Å². The molecule has 2 atom stereocenters. The average Bonchev–Trinajstić information content (AvgIpc) is 2.68. The molecule has 1 saturated carbocycles. The van der Waals surface area contributed by atoms with Crippen LogP contribution in [0.1, 0.15) is 62.5 Å². The molecular weight excluding hydrogens is 290 g/mol. The zero-order valence-electron chi connectivity index (χ0n) is 13.7. The zero-order chi connectivity index (χ0) is 16.4. The minimum atomic E-state index is -0.820. The topological polar surface area (TPSA) is 57.6 Å². The molecule has 0 unspecified atom stereocenters. The highest BCUT2D eigenvalue weighted by atomic mass is 16.4. The van der Waals surface area contributed by atoms with Crippen molar-refractivity contribution in [2.45, 2.75) is 69.9 Å². The van der Waals surface area contributed by atoms with Crippen LogP contribution in [0.4, 0.5) is 0 Å². The van der Waals surface area contributed by atoms with Gasteiger partial charge in [0, 0.05) is 12.1 Å². The molecule has 4 nitrogen and oxygen atoms in total. The summed E-state index contributed by atoms with van der Waals surface area (Å²) in [5.74, 6) is -1.34. The average molecular weight is 315 g/mol. The summed E-state index contributed by atoms with van der Waals surface area (Å²) in [5.41, 5.74) is 1.69. The Morgan fingerprint density at radius 3 is 2.57 bits per heavy atom. The van der Waals surface area contributed by atoms with Crippen LogP contribution in [0.5, 0.6) is 0 Å². The number of hydrogen-bond donors (Lipinski definition) is 1. The molecule has 1 fully saturated rings. The van der Waals surface area contributed by atoms with E-state index in [4.69, 9.17) is 0 Å². The maximum Gasteiger partial charge on any atom is 0.313 e. The Bertz CT molecular complexity index is 592. The van der Waals surface area contributed by atoms with E-state index < -0.39 is 11.9 Å². The highest BCUT2D eigenvalue weighted by molar-refractivity contribution is 5.86. The summed E-state index contributed by atoms with van der Waals surface area (Å²) in [6, 6.07) is 7.52. The van der Waals surface area contributed by atoms with Crippen LogP contribution in [0.3, 0.4) is 0 Å². The van der Waals surface area contributed by atoms with Gasteiger partial charge in [-0.05, 0) is 30.4 Å². The van der Waals surface area contributed by atoms with E-state index in [9.17, 15) is 14.7 Å². The number of rotatable bonds is 3. The van der Waals surface area contributed by atoms with Crippen molar-refractivity contribution in [2.24, 2.45) is 0 Å². The highest BCUT2D eigenvalue weighted by Gasteiger charge is 2.42. The highest BCUT2D eigenvalue weighted by Crippen LogP contribution is 2.36. The SMILES string of the molecule is CC[C@@H]1[C@@H](C(=O)O)c2ccccc2CC(=O)N1C1CCCCC1. The van der Waals surface area contributed by atoms with Gasteiger partial charge >= 0.3 is 5.97 Å². The number of carbonyl (C=O) groups is 2. The third-order valence-corrected chi connectivity index (χ3v) is 5.41. The third-order valence-electron chi connectivity index (χ3n) is 5.41. The predicted octanol–water partition coefficient (Wildman–Crippen LogP) is 3.35. The van der Waals surface area contributed by atoms with Crippen molar-refractivity contribution >= 4 is 11.9 Å². The summed E-state index contributed by atoms with van der Waals surface area (Å²) < 4.78 is 0. The molecular formula is C19H25NO3. The molecule has 3 rings (SSSR count). The lowest BCUT2D eigenvalue weighted by molar-refractivity contribution is -0.144. The van der Waals surface area contributed by atoms with Gasteiger partial charge in [0.15, 0.2) is 0 Å². The monoisotopic (exact) mass is 315 g/mol. The summed E-state index contributed by atoms with van der Waals surface area (Å²) >= 11 is 0. The lowest BCUT2D eigenvalue weighted by Gasteiger charge is -2.41. The number of hydrogen-bond acceptors (Lipinski definition) is 2. The molecule has 124 valence electrons. The van der Waals surface area contributed by atoms with Crippen molar-refractivity contribution in [3.63, 3.8) is 0 Å². The zero-order valence-corrected chi connectivity index (χ0v) is 13.7. The van der Waals surface area contributed by atoms with Gasteiger partial charge in [-0.15, -0.1) is 0 Å². The number of aliphatic carboxylic acids is 1. The summed E-state index contributed by atoms with van der Waals surface area (Å²) in [6.07, 6.45) is 6.50. The first-order valence-electron chi connectivity index (χ1n) is 8.75. The van der Waals surface area contributed by atoms with E-state index in [1.807, 2.05) is 36.1 Å². The van der Waals surface area contributed by atoms with Gasteiger partial charge in [0.2, 0.25) is 5.91 Å². The van der Waals surface area contributed by atoms with Crippen LogP contribution in [0.2, 0.25) is 0 Å². The molecule has 0 radical (unpaired) electrons. The van der Waals surface area contributed by atoms with Crippen LogP contribution in [-0.2, 0) is 16.0 Å². The van der Waals surface area contributed by atoms with Crippen molar-refractivity contribution in [1.82, 2.24) is 4.90 Å². The summed E-state index contributed by atoms with van der Waals surface area (Å²) in [7, 11) is 0. The van der Waals surface area contributed by atoms with Gasteiger partial charge < -0.3 is 10.0 Å². The Morgan fingerprint density at radius 2 is 1.91 bits per heavy atom. The Hall–Kier alpha value is -1.84. The van der Waals surface area contributed by atoms with Crippen LogP contribution in [0, 0.1) is 0 Å². The van der Waals surface area contributed by atoms with Crippen molar-refractivity contribution in [2.75, 3.05) is 0 Å². The van der Waals surface area contributed by atoms with Gasteiger partial charge in [-0.3, -0.25) is 9.59 Å². The number of carboxylic acids is 1. The van der Waals surface area contributed by atoms with Gasteiger partial charge in [0.1, 0.15) is 5.92 Å². The molecule has 23 heavy (non-hydrogen) atoms. The first-order chi connectivity index (χ1) is 11.1. The number of carboxylic acid groups (broad SMARTS) is 1. The minimum absolute atomic E-state index is 0.0972. The number of carbonyl (C=O) groups excluding carboxylic acids is 1. The molecule has 0 spiro atoms. The lowest BCUT2D eigenvalue weighted by Crippen LogP contribution is -2.50. The van der Waals surface area contributed by atoms with E-state index in [1.54, 1.807) is 0 Å². The standard InChI is InChI=1S/C19H25NO3/c1-2-16-18(19(22)23)15-11-7-6-8-13(15)12-17(21)20(16)14-9-4-3-5-10-14/h6-8,11,14,16,18H,2-5,9-10,12H2,1H3,(H,22,23)/t16-,18+/m1/s1. The molecule has 1 amide bonds. The van der Waals surface area contributed by atoms with E-state index in [1.165, 1.54) is 6.42 Å². The van der Waals surface area contributed by atoms with Gasteiger partial charge in [-0.25, -0.2) is 0 Å². The fraction of sp³-hybridized carbons (Fsp3) is 0.579. The maximum absolute atomic E-state index is 12.9. The van der Waals surface area contributed by atoms with Crippen LogP contribution in [0.15, 0.2) is 24.3 Å². The van der Waals surface area contributed by atoms with Crippen molar-refractivity contribution in [1.29, 1.82) is 0 Å².